The molecule has 0 fully saturated rings. The Hall–Kier alpha value is -3.03. The maximum Gasteiger partial charge on any atom is 0.417 e. The smallest absolute Gasteiger partial charge is 0.408 e. The Labute approximate surface area is 133 Å². The summed E-state index contributed by atoms with van der Waals surface area (Å²) in [6.07, 6.45) is -4.40. The molecule has 2 aromatic carbocycles. The van der Waals surface area contributed by atoms with Crippen LogP contribution < -0.4 is 11.1 Å². The van der Waals surface area contributed by atoms with E-state index in [2.05, 4.69) is 10.3 Å². The summed E-state index contributed by atoms with van der Waals surface area (Å²) < 4.78 is 42.4. The molecule has 0 saturated carbocycles. The number of fused-ring (bicyclic) bond motifs is 1. The summed E-state index contributed by atoms with van der Waals surface area (Å²) in [6, 6.07) is 9.11. The number of aromatic amines is 1. The van der Waals surface area contributed by atoms with Crippen molar-refractivity contribution >= 4 is 17.0 Å². The normalized spacial score (nSPS) is 11.6. The van der Waals surface area contributed by atoms with Crippen LogP contribution in [0.2, 0.25) is 0 Å². The Bertz CT molecular complexity index is 940. The summed E-state index contributed by atoms with van der Waals surface area (Å²) in [6.45, 7) is 0.0510. The third-order valence-electron chi connectivity index (χ3n) is 3.43. The molecule has 3 aromatic rings. The highest BCUT2D eigenvalue weighted by Crippen LogP contribution is 2.29. The van der Waals surface area contributed by atoms with Crippen LogP contribution in [0.15, 0.2) is 51.7 Å². The number of amides is 1. The molecule has 2 N–H and O–H groups in total. The van der Waals surface area contributed by atoms with E-state index >= 15 is 0 Å². The van der Waals surface area contributed by atoms with E-state index in [9.17, 15) is 22.8 Å². The topological polar surface area (TPSA) is 75.1 Å². The van der Waals surface area contributed by atoms with Gasteiger partial charge in [0.15, 0.2) is 5.58 Å². The molecule has 0 unspecified atom stereocenters. The number of aromatic nitrogens is 1. The summed E-state index contributed by atoms with van der Waals surface area (Å²) in [4.78, 5) is 25.8. The van der Waals surface area contributed by atoms with Gasteiger partial charge in [-0.25, -0.2) is 4.79 Å². The summed E-state index contributed by atoms with van der Waals surface area (Å²) in [5, 5.41) is 2.59. The highest BCUT2D eigenvalue weighted by Gasteiger charge is 2.29. The SMILES string of the molecule is O=C(NCc1ccc(C(F)(F)F)cc1)c1cccc2oc(=O)[nH]c12. The molecule has 0 aliphatic heterocycles. The average Bonchev–Trinajstić information content (AvgIpc) is 2.92. The van der Waals surface area contributed by atoms with Crippen LogP contribution in [-0.2, 0) is 12.7 Å². The lowest BCUT2D eigenvalue weighted by molar-refractivity contribution is -0.137. The summed E-state index contributed by atoms with van der Waals surface area (Å²) >= 11 is 0. The lowest BCUT2D eigenvalue weighted by Gasteiger charge is -2.09. The van der Waals surface area contributed by atoms with Crippen LogP contribution in [-0.4, -0.2) is 10.9 Å². The zero-order chi connectivity index (χ0) is 17.3. The average molecular weight is 336 g/mol. The molecular formula is C16H11F3N2O3. The highest BCUT2D eigenvalue weighted by molar-refractivity contribution is 6.04. The number of hydrogen-bond donors (Lipinski definition) is 2. The third kappa shape index (κ3) is 3.17. The van der Waals surface area contributed by atoms with Gasteiger partial charge < -0.3 is 9.73 Å². The zero-order valence-electron chi connectivity index (χ0n) is 12.1. The Morgan fingerprint density at radius 1 is 1.12 bits per heavy atom. The number of rotatable bonds is 3. The molecule has 3 rings (SSSR count). The van der Waals surface area contributed by atoms with Gasteiger partial charge in [0.05, 0.1) is 16.6 Å². The standard InChI is InChI=1S/C16H11F3N2O3/c17-16(18,19)10-6-4-9(5-7-10)8-20-14(22)11-2-1-3-12-13(11)21-15(23)24-12/h1-7H,8H2,(H,20,22)(H,21,23). The van der Waals surface area contributed by atoms with E-state index in [-0.39, 0.29) is 23.2 Å². The molecule has 0 saturated heterocycles. The number of para-hydroxylation sites is 1. The van der Waals surface area contributed by atoms with Gasteiger partial charge in [0.25, 0.3) is 5.91 Å². The predicted molar refractivity (Wildman–Crippen MR) is 79.4 cm³/mol. The molecule has 1 amide bonds. The van der Waals surface area contributed by atoms with Crippen molar-refractivity contribution in [3.05, 3.63) is 69.7 Å². The molecule has 0 atom stereocenters. The van der Waals surface area contributed by atoms with Gasteiger partial charge in [-0.05, 0) is 29.8 Å². The van der Waals surface area contributed by atoms with Crippen molar-refractivity contribution in [1.29, 1.82) is 0 Å². The lowest BCUT2D eigenvalue weighted by atomic mass is 10.1. The molecule has 0 spiro atoms. The fourth-order valence-corrected chi connectivity index (χ4v) is 2.25. The van der Waals surface area contributed by atoms with Gasteiger partial charge in [0.1, 0.15) is 0 Å². The van der Waals surface area contributed by atoms with Crippen molar-refractivity contribution in [2.45, 2.75) is 12.7 Å². The highest BCUT2D eigenvalue weighted by atomic mass is 19.4. The monoisotopic (exact) mass is 336 g/mol. The van der Waals surface area contributed by atoms with Crippen molar-refractivity contribution in [3.8, 4) is 0 Å². The number of hydrogen-bond acceptors (Lipinski definition) is 3. The minimum absolute atomic E-state index is 0.0510. The number of carbonyl (C=O) groups excluding carboxylic acids is 1. The summed E-state index contributed by atoms with van der Waals surface area (Å²) in [5.74, 6) is -1.15. The van der Waals surface area contributed by atoms with Crippen LogP contribution in [0.4, 0.5) is 13.2 Å². The molecule has 0 bridgehead atoms. The van der Waals surface area contributed by atoms with E-state index in [4.69, 9.17) is 4.42 Å². The van der Waals surface area contributed by atoms with E-state index in [0.29, 0.717) is 5.56 Å². The Balaban J connectivity index is 1.74. The van der Waals surface area contributed by atoms with E-state index in [1.165, 1.54) is 18.2 Å². The molecule has 0 radical (unpaired) electrons. The summed E-state index contributed by atoms with van der Waals surface area (Å²) in [5.41, 5.74) is 0.502. The van der Waals surface area contributed by atoms with Crippen LogP contribution in [0.25, 0.3) is 11.1 Å². The molecule has 1 aromatic heterocycles. The Morgan fingerprint density at radius 2 is 1.83 bits per heavy atom. The van der Waals surface area contributed by atoms with Gasteiger partial charge in [-0.2, -0.15) is 13.2 Å². The fourth-order valence-electron chi connectivity index (χ4n) is 2.25. The quantitative estimate of drug-likeness (QED) is 0.772. The van der Waals surface area contributed by atoms with Gasteiger partial charge in [-0.1, -0.05) is 18.2 Å². The van der Waals surface area contributed by atoms with Crippen LogP contribution in [0.3, 0.4) is 0 Å². The van der Waals surface area contributed by atoms with Gasteiger partial charge >= 0.3 is 11.9 Å². The first-order valence-electron chi connectivity index (χ1n) is 6.91. The number of alkyl halides is 3. The summed E-state index contributed by atoms with van der Waals surface area (Å²) in [7, 11) is 0. The van der Waals surface area contributed by atoms with Gasteiger partial charge in [-0.3, -0.25) is 9.78 Å². The van der Waals surface area contributed by atoms with Gasteiger partial charge in [0, 0.05) is 6.54 Å². The molecule has 8 heteroatoms. The maximum atomic E-state index is 12.5. The Kier molecular flexibility index (Phi) is 3.88. The molecule has 0 aliphatic carbocycles. The second kappa shape index (κ2) is 5.88. The number of oxazole rings is 1. The first-order valence-corrected chi connectivity index (χ1v) is 6.91. The van der Waals surface area contributed by atoms with Crippen LogP contribution in [0, 0.1) is 0 Å². The van der Waals surface area contributed by atoms with Crippen molar-refractivity contribution in [3.63, 3.8) is 0 Å². The molecule has 0 aliphatic rings. The molecule has 1 heterocycles. The minimum Gasteiger partial charge on any atom is -0.408 e. The minimum atomic E-state index is -4.40. The van der Waals surface area contributed by atoms with Crippen LogP contribution in [0.5, 0.6) is 0 Å². The van der Waals surface area contributed by atoms with Crippen LogP contribution in [0.1, 0.15) is 21.5 Å². The van der Waals surface area contributed by atoms with E-state index in [0.717, 1.165) is 12.1 Å². The fraction of sp³-hybridized carbons (Fsp3) is 0.125. The molecule has 5 nitrogen and oxygen atoms in total. The van der Waals surface area contributed by atoms with Crippen LogP contribution >= 0.6 is 0 Å². The largest absolute Gasteiger partial charge is 0.417 e. The number of halogens is 3. The van der Waals surface area contributed by atoms with E-state index < -0.39 is 23.4 Å². The van der Waals surface area contributed by atoms with Crippen molar-refractivity contribution in [2.75, 3.05) is 0 Å². The van der Waals surface area contributed by atoms with E-state index in [1.54, 1.807) is 12.1 Å². The second-order valence-corrected chi connectivity index (χ2v) is 5.07. The lowest BCUT2D eigenvalue weighted by Crippen LogP contribution is -2.23. The third-order valence-corrected chi connectivity index (χ3v) is 3.43. The van der Waals surface area contributed by atoms with Crippen molar-refractivity contribution in [1.82, 2.24) is 10.3 Å². The molecular weight excluding hydrogens is 325 g/mol. The van der Waals surface area contributed by atoms with E-state index in [1.807, 2.05) is 0 Å². The molecule has 24 heavy (non-hydrogen) atoms. The Morgan fingerprint density at radius 3 is 2.50 bits per heavy atom. The first kappa shape index (κ1) is 15.9. The van der Waals surface area contributed by atoms with Crippen molar-refractivity contribution < 1.29 is 22.4 Å². The number of nitrogens with one attached hydrogen (secondary N) is 2. The first-order chi connectivity index (χ1) is 11.3. The number of benzene rings is 2. The molecule has 124 valence electrons. The number of carbonyl (C=O) groups is 1. The van der Waals surface area contributed by atoms with Crippen molar-refractivity contribution in [2.24, 2.45) is 0 Å². The maximum absolute atomic E-state index is 12.5. The number of H-pyrrole nitrogens is 1. The van der Waals surface area contributed by atoms with Gasteiger partial charge in [-0.15, -0.1) is 0 Å². The van der Waals surface area contributed by atoms with Gasteiger partial charge in [0.2, 0.25) is 0 Å². The zero-order valence-corrected chi connectivity index (χ0v) is 12.1. The second-order valence-electron chi connectivity index (χ2n) is 5.07. The predicted octanol–water partition coefficient (Wildman–Crippen LogP) is 3.07.